The van der Waals surface area contributed by atoms with Crippen LogP contribution in [0.1, 0.15) is 0 Å². The summed E-state index contributed by atoms with van der Waals surface area (Å²) < 4.78 is 12.4. The van der Waals surface area contributed by atoms with Crippen molar-refractivity contribution in [2.75, 3.05) is 0 Å². The molecule has 50 heavy (non-hydrogen) atoms. The number of hydrogen-bond donors (Lipinski definition) is 0. The Morgan fingerprint density at radius 3 is 1.30 bits per heavy atom. The van der Waals surface area contributed by atoms with Crippen LogP contribution in [0.5, 0.6) is 0 Å². The van der Waals surface area contributed by atoms with Crippen LogP contribution >= 0.6 is 0 Å². The molecule has 3 aromatic heterocycles. The number of fused-ring (bicyclic) bond motifs is 6. The summed E-state index contributed by atoms with van der Waals surface area (Å²) in [6.07, 6.45) is 0. The molecule has 0 atom stereocenters. The molecule has 5 heteroatoms. The van der Waals surface area contributed by atoms with Crippen molar-refractivity contribution in [2.24, 2.45) is 0 Å². The van der Waals surface area contributed by atoms with Gasteiger partial charge < -0.3 is 8.83 Å². The smallest absolute Gasteiger partial charge is 0.164 e. The van der Waals surface area contributed by atoms with Gasteiger partial charge in [-0.15, -0.1) is 0 Å². The van der Waals surface area contributed by atoms with Gasteiger partial charge in [0.1, 0.15) is 22.3 Å². The summed E-state index contributed by atoms with van der Waals surface area (Å²) in [6, 6.07) is 55.9. The maximum atomic E-state index is 6.19. The van der Waals surface area contributed by atoms with E-state index >= 15 is 0 Å². The van der Waals surface area contributed by atoms with Crippen molar-refractivity contribution < 1.29 is 8.83 Å². The maximum Gasteiger partial charge on any atom is 0.164 e. The van der Waals surface area contributed by atoms with E-state index in [1.54, 1.807) is 0 Å². The lowest BCUT2D eigenvalue weighted by molar-refractivity contribution is 0.668. The van der Waals surface area contributed by atoms with Crippen LogP contribution in [0, 0.1) is 0 Å². The van der Waals surface area contributed by atoms with E-state index in [0.29, 0.717) is 17.5 Å². The minimum Gasteiger partial charge on any atom is -0.456 e. The van der Waals surface area contributed by atoms with Crippen molar-refractivity contribution in [3.63, 3.8) is 0 Å². The quantitative estimate of drug-likeness (QED) is 0.187. The third-order valence-electron chi connectivity index (χ3n) is 9.36. The molecule has 5 nitrogen and oxygen atoms in total. The molecule has 0 saturated carbocycles. The molecule has 0 unspecified atom stereocenters. The molecular formula is C45H27N3O2. The lowest BCUT2D eigenvalue weighted by Crippen LogP contribution is -2.00. The molecule has 7 aromatic carbocycles. The predicted octanol–water partition coefficient (Wildman–Crippen LogP) is 12.0. The van der Waals surface area contributed by atoms with Crippen molar-refractivity contribution in [3.05, 3.63) is 164 Å². The molecule has 0 amide bonds. The van der Waals surface area contributed by atoms with Gasteiger partial charge in [0.2, 0.25) is 0 Å². The van der Waals surface area contributed by atoms with Crippen LogP contribution in [0.4, 0.5) is 0 Å². The molecule has 10 aromatic rings. The Morgan fingerprint density at radius 1 is 0.260 bits per heavy atom. The summed E-state index contributed by atoms with van der Waals surface area (Å²) in [5.41, 5.74) is 10.6. The van der Waals surface area contributed by atoms with Crippen LogP contribution in [-0.4, -0.2) is 15.0 Å². The average molecular weight is 642 g/mol. The molecule has 234 valence electrons. The molecule has 10 rings (SSSR count). The van der Waals surface area contributed by atoms with Gasteiger partial charge in [-0.2, -0.15) is 0 Å². The number of aromatic nitrogens is 3. The molecule has 0 fully saturated rings. The Kier molecular flexibility index (Phi) is 6.42. The van der Waals surface area contributed by atoms with Crippen molar-refractivity contribution >= 4 is 43.9 Å². The lowest BCUT2D eigenvalue weighted by atomic mass is 9.97. The predicted molar refractivity (Wildman–Crippen MR) is 202 cm³/mol. The first-order chi connectivity index (χ1) is 24.7. The first kappa shape index (κ1) is 28.2. The summed E-state index contributed by atoms with van der Waals surface area (Å²) in [5, 5.41) is 4.42. The molecule has 0 aliphatic rings. The van der Waals surface area contributed by atoms with Gasteiger partial charge in [0, 0.05) is 38.2 Å². The zero-order chi connectivity index (χ0) is 33.0. The molecule has 0 N–H and O–H groups in total. The van der Waals surface area contributed by atoms with E-state index in [9.17, 15) is 0 Å². The standard InChI is InChI=1S/C45H27N3O2/c1-2-9-29(10-3-1)43-46-44(48-45(47-43)34-22-24-38-36-14-5-7-16-40(36)50-42(38)27-34)30-19-17-28(18-20-30)31-11-8-12-32(25-31)33-21-23-37-35-13-4-6-15-39(35)49-41(37)26-33/h1-27H. The Labute approximate surface area is 287 Å². The minimum absolute atomic E-state index is 0.592. The highest BCUT2D eigenvalue weighted by molar-refractivity contribution is 6.06. The number of nitrogens with zero attached hydrogens (tertiary/aromatic N) is 3. The van der Waals surface area contributed by atoms with Gasteiger partial charge in [0.15, 0.2) is 17.5 Å². The third-order valence-corrected chi connectivity index (χ3v) is 9.36. The van der Waals surface area contributed by atoms with Crippen molar-refractivity contribution in [2.45, 2.75) is 0 Å². The van der Waals surface area contributed by atoms with E-state index < -0.39 is 0 Å². The molecule has 0 aliphatic heterocycles. The van der Waals surface area contributed by atoms with E-state index in [2.05, 4.69) is 91.0 Å². The maximum absolute atomic E-state index is 6.19. The van der Waals surface area contributed by atoms with Crippen LogP contribution in [0.25, 0.3) is 100 Å². The molecule has 0 bridgehead atoms. The number of rotatable bonds is 5. The minimum atomic E-state index is 0.592. The number of hydrogen-bond acceptors (Lipinski definition) is 5. The SMILES string of the molecule is c1ccc(-c2nc(-c3ccc(-c4cccc(-c5ccc6c(c5)oc5ccccc56)c4)cc3)nc(-c3ccc4c(c3)oc3ccccc34)n2)cc1. The van der Waals surface area contributed by atoms with Gasteiger partial charge in [-0.1, -0.05) is 121 Å². The van der Waals surface area contributed by atoms with Crippen LogP contribution in [-0.2, 0) is 0 Å². The summed E-state index contributed by atoms with van der Waals surface area (Å²) in [5.74, 6) is 1.82. The highest BCUT2D eigenvalue weighted by atomic mass is 16.3. The fraction of sp³-hybridized carbons (Fsp3) is 0. The first-order valence-corrected chi connectivity index (χ1v) is 16.6. The first-order valence-electron chi connectivity index (χ1n) is 16.6. The Hall–Kier alpha value is -6.85. The van der Waals surface area contributed by atoms with Crippen LogP contribution in [0.3, 0.4) is 0 Å². The van der Waals surface area contributed by atoms with Gasteiger partial charge in [0.05, 0.1) is 0 Å². The molecule has 0 radical (unpaired) electrons. The van der Waals surface area contributed by atoms with Gasteiger partial charge in [-0.05, 0) is 64.7 Å². The summed E-state index contributed by atoms with van der Waals surface area (Å²) in [6.45, 7) is 0. The molecular weight excluding hydrogens is 615 g/mol. The topological polar surface area (TPSA) is 65.0 Å². The second kappa shape index (κ2) is 11.4. The highest BCUT2D eigenvalue weighted by Gasteiger charge is 2.15. The van der Waals surface area contributed by atoms with Crippen molar-refractivity contribution in [3.8, 4) is 56.4 Å². The zero-order valence-corrected chi connectivity index (χ0v) is 26.7. The molecule has 3 heterocycles. The third kappa shape index (κ3) is 4.83. The van der Waals surface area contributed by atoms with E-state index in [4.69, 9.17) is 23.8 Å². The second-order valence-corrected chi connectivity index (χ2v) is 12.4. The highest BCUT2D eigenvalue weighted by Crippen LogP contribution is 2.35. The van der Waals surface area contributed by atoms with E-state index in [0.717, 1.165) is 82.8 Å². The summed E-state index contributed by atoms with van der Waals surface area (Å²) >= 11 is 0. The van der Waals surface area contributed by atoms with Crippen LogP contribution < -0.4 is 0 Å². The fourth-order valence-corrected chi connectivity index (χ4v) is 6.81. The van der Waals surface area contributed by atoms with E-state index in [1.165, 1.54) is 0 Å². The zero-order valence-electron chi connectivity index (χ0n) is 26.7. The Morgan fingerprint density at radius 2 is 0.660 bits per heavy atom. The lowest BCUT2D eigenvalue weighted by Gasteiger charge is -2.10. The fourth-order valence-electron chi connectivity index (χ4n) is 6.81. The van der Waals surface area contributed by atoms with Gasteiger partial charge in [0.25, 0.3) is 0 Å². The monoisotopic (exact) mass is 641 g/mol. The number of benzene rings is 7. The van der Waals surface area contributed by atoms with Crippen LogP contribution in [0.15, 0.2) is 173 Å². The van der Waals surface area contributed by atoms with E-state index in [1.807, 2.05) is 72.8 Å². The van der Waals surface area contributed by atoms with Crippen LogP contribution in [0.2, 0.25) is 0 Å². The summed E-state index contributed by atoms with van der Waals surface area (Å²) in [4.78, 5) is 14.8. The number of para-hydroxylation sites is 2. The molecule has 0 spiro atoms. The van der Waals surface area contributed by atoms with Crippen molar-refractivity contribution in [1.82, 2.24) is 15.0 Å². The van der Waals surface area contributed by atoms with E-state index in [-0.39, 0.29) is 0 Å². The number of furan rings is 2. The van der Waals surface area contributed by atoms with Gasteiger partial charge >= 0.3 is 0 Å². The average Bonchev–Trinajstić information content (AvgIpc) is 3.76. The Bertz CT molecular complexity index is 2870. The normalized spacial score (nSPS) is 11.6. The summed E-state index contributed by atoms with van der Waals surface area (Å²) in [7, 11) is 0. The van der Waals surface area contributed by atoms with Gasteiger partial charge in [-0.25, -0.2) is 15.0 Å². The Balaban J connectivity index is 1.01. The van der Waals surface area contributed by atoms with Gasteiger partial charge in [-0.3, -0.25) is 0 Å². The largest absolute Gasteiger partial charge is 0.456 e. The molecule has 0 saturated heterocycles. The van der Waals surface area contributed by atoms with Crippen molar-refractivity contribution in [1.29, 1.82) is 0 Å². The second-order valence-electron chi connectivity index (χ2n) is 12.4. The molecule has 0 aliphatic carbocycles.